The van der Waals surface area contributed by atoms with Gasteiger partial charge in [-0.05, 0) is 57.9 Å². The van der Waals surface area contributed by atoms with Crippen LogP contribution in [0.3, 0.4) is 0 Å². The number of carbonyl (C=O) groups excluding carboxylic acids is 2. The Morgan fingerprint density at radius 2 is 1.62 bits per heavy atom. The quantitative estimate of drug-likeness (QED) is 0.806. The van der Waals surface area contributed by atoms with Gasteiger partial charge in [-0.15, -0.1) is 0 Å². The highest BCUT2D eigenvalue weighted by atomic mass is 16.2. The van der Waals surface area contributed by atoms with Gasteiger partial charge in [0.1, 0.15) is 0 Å². The first-order chi connectivity index (χ1) is 11.1. The summed E-state index contributed by atoms with van der Waals surface area (Å²) in [6, 6.07) is 7.94. The molecular weight excluding hydrogens is 302 g/mol. The summed E-state index contributed by atoms with van der Waals surface area (Å²) in [5.74, 6) is 0.301. The van der Waals surface area contributed by atoms with Crippen LogP contribution in [0.25, 0.3) is 0 Å². The highest BCUT2D eigenvalue weighted by Crippen LogP contribution is 2.20. The van der Waals surface area contributed by atoms with E-state index in [1.54, 1.807) is 11.9 Å². The summed E-state index contributed by atoms with van der Waals surface area (Å²) in [6.45, 7) is 10.5. The summed E-state index contributed by atoms with van der Waals surface area (Å²) >= 11 is 0. The second-order valence-electron chi connectivity index (χ2n) is 7.45. The van der Waals surface area contributed by atoms with Gasteiger partial charge in [0.25, 0.3) is 0 Å². The molecule has 0 aliphatic rings. The van der Waals surface area contributed by atoms with Crippen molar-refractivity contribution >= 4 is 17.5 Å². The zero-order valence-corrected chi connectivity index (χ0v) is 15.8. The van der Waals surface area contributed by atoms with Gasteiger partial charge in [0, 0.05) is 11.2 Å². The summed E-state index contributed by atoms with van der Waals surface area (Å²) < 4.78 is 0. The van der Waals surface area contributed by atoms with Gasteiger partial charge < -0.3 is 10.6 Å². The molecule has 1 aromatic rings. The van der Waals surface area contributed by atoms with Crippen LogP contribution in [0, 0.1) is 0 Å². The predicted molar refractivity (Wildman–Crippen MR) is 99.2 cm³/mol. The van der Waals surface area contributed by atoms with Crippen LogP contribution in [-0.2, 0) is 9.59 Å². The molecule has 2 amide bonds. The molecule has 0 unspecified atom stereocenters. The first-order valence-electron chi connectivity index (χ1n) is 8.50. The lowest BCUT2D eigenvalue weighted by atomic mass is 9.99. The van der Waals surface area contributed by atoms with Crippen LogP contribution in [-0.4, -0.2) is 42.4 Å². The average Bonchev–Trinajstić information content (AvgIpc) is 2.44. The van der Waals surface area contributed by atoms with Crippen molar-refractivity contribution in [1.82, 2.24) is 10.2 Å². The van der Waals surface area contributed by atoms with E-state index >= 15 is 0 Å². The highest BCUT2D eigenvalue weighted by molar-refractivity contribution is 5.92. The van der Waals surface area contributed by atoms with Crippen molar-refractivity contribution in [3.05, 3.63) is 29.8 Å². The number of hydrogen-bond acceptors (Lipinski definition) is 3. The van der Waals surface area contributed by atoms with E-state index < -0.39 is 0 Å². The van der Waals surface area contributed by atoms with E-state index in [9.17, 15) is 9.59 Å². The van der Waals surface area contributed by atoms with Crippen LogP contribution < -0.4 is 10.6 Å². The Labute approximate surface area is 145 Å². The van der Waals surface area contributed by atoms with Crippen LogP contribution in [0.1, 0.15) is 52.5 Å². The SMILES string of the molecule is CC[C@@H](C)c1ccc(NC(=O)CN(C)CC(=O)NC(C)(C)C)cc1. The van der Waals surface area contributed by atoms with Gasteiger partial charge in [-0.3, -0.25) is 14.5 Å². The number of nitrogens with zero attached hydrogens (tertiary/aromatic N) is 1. The lowest BCUT2D eigenvalue weighted by Gasteiger charge is -2.23. The molecule has 0 bridgehead atoms. The Balaban J connectivity index is 2.46. The molecule has 0 aliphatic carbocycles. The second-order valence-corrected chi connectivity index (χ2v) is 7.45. The van der Waals surface area contributed by atoms with E-state index in [1.807, 2.05) is 45.0 Å². The number of rotatable bonds is 7. The van der Waals surface area contributed by atoms with Gasteiger partial charge in [0.2, 0.25) is 11.8 Å². The standard InChI is InChI=1S/C19H31N3O2/c1-7-14(2)15-8-10-16(11-9-15)20-17(23)12-22(6)13-18(24)21-19(3,4)5/h8-11,14H,7,12-13H2,1-6H3,(H,20,23)(H,21,24)/t14-/m1/s1. The number of benzene rings is 1. The van der Waals surface area contributed by atoms with Gasteiger partial charge in [-0.2, -0.15) is 0 Å². The molecule has 24 heavy (non-hydrogen) atoms. The number of nitrogens with one attached hydrogen (secondary N) is 2. The van der Waals surface area contributed by atoms with Crippen molar-refractivity contribution in [1.29, 1.82) is 0 Å². The Bertz CT molecular complexity index is 547. The zero-order valence-electron chi connectivity index (χ0n) is 15.8. The summed E-state index contributed by atoms with van der Waals surface area (Å²) in [6.07, 6.45) is 1.09. The Kier molecular flexibility index (Phi) is 7.42. The number of carbonyl (C=O) groups is 2. The lowest BCUT2D eigenvalue weighted by molar-refractivity contribution is -0.124. The molecule has 5 heteroatoms. The Morgan fingerprint density at radius 3 is 2.12 bits per heavy atom. The van der Waals surface area contributed by atoms with Gasteiger partial charge in [0.15, 0.2) is 0 Å². The lowest BCUT2D eigenvalue weighted by Crippen LogP contribution is -2.46. The first kappa shape index (κ1) is 20.2. The molecule has 1 atom stereocenters. The smallest absolute Gasteiger partial charge is 0.238 e. The molecule has 2 N–H and O–H groups in total. The van der Waals surface area contributed by atoms with Gasteiger partial charge >= 0.3 is 0 Å². The Morgan fingerprint density at radius 1 is 1.08 bits per heavy atom. The van der Waals surface area contributed by atoms with E-state index in [0.29, 0.717) is 5.92 Å². The zero-order chi connectivity index (χ0) is 18.3. The number of hydrogen-bond donors (Lipinski definition) is 2. The fourth-order valence-electron chi connectivity index (χ4n) is 2.34. The molecule has 0 saturated heterocycles. The molecule has 0 heterocycles. The molecule has 1 aromatic carbocycles. The van der Waals surface area contributed by atoms with E-state index in [2.05, 4.69) is 24.5 Å². The molecule has 1 rings (SSSR count). The normalized spacial score (nSPS) is 12.8. The maximum Gasteiger partial charge on any atom is 0.238 e. The maximum atomic E-state index is 12.1. The molecule has 0 saturated carbocycles. The van der Waals surface area contributed by atoms with Crippen molar-refractivity contribution in [2.75, 3.05) is 25.5 Å². The fourth-order valence-corrected chi connectivity index (χ4v) is 2.34. The molecular formula is C19H31N3O2. The minimum Gasteiger partial charge on any atom is -0.350 e. The largest absolute Gasteiger partial charge is 0.350 e. The number of anilines is 1. The minimum absolute atomic E-state index is 0.0873. The third-order valence-electron chi connectivity index (χ3n) is 3.72. The van der Waals surface area contributed by atoms with E-state index in [-0.39, 0.29) is 30.4 Å². The van der Waals surface area contributed by atoms with Crippen molar-refractivity contribution in [2.45, 2.75) is 52.5 Å². The van der Waals surface area contributed by atoms with Crippen LogP contribution in [0.15, 0.2) is 24.3 Å². The van der Waals surface area contributed by atoms with Crippen LogP contribution in [0.2, 0.25) is 0 Å². The summed E-state index contributed by atoms with van der Waals surface area (Å²) in [5, 5.41) is 5.75. The molecule has 0 radical (unpaired) electrons. The van der Waals surface area contributed by atoms with E-state index in [0.717, 1.165) is 12.1 Å². The van der Waals surface area contributed by atoms with Crippen LogP contribution >= 0.6 is 0 Å². The topological polar surface area (TPSA) is 61.4 Å². The highest BCUT2D eigenvalue weighted by Gasteiger charge is 2.16. The molecule has 0 aliphatic heterocycles. The van der Waals surface area contributed by atoms with Crippen LogP contribution in [0.5, 0.6) is 0 Å². The Hall–Kier alpha value is -1.88. The van der Waals surface area contributed by atoms with Gasteiger partial charge in [0.05, 0.1) is 13.1 Å². The molecule has 5 nitrogen and oxygen atoms in total. The molecule has 0 fully saturated rings. The molecule has 134 valence electrons. The van der Waals surface area contributed by atoms with Gasteiger partial charge in [-0.1, -0.05) is 26.0 Å². The summed E-state index contributed by atoms with van der Waals surface area (Å²) in [4.78, 5) is 25.6. The molecule has 0 aromatic heterocycles. The van der Waals surface area contributed by atoms with Crippen LogP contribution in [0.4, 0.5) is 5.69 Å². The third kappa shape index (κ3) is 7.59. The molecule has 0 spiro atoms. The van der Waals surface area contributed by atoms with E-state index in [4.69, 9.17) is 0 Å². The second kappa shape index (κ2) is 8.83. The first-order valence-corrected chi connectivity index (χ1v) is 8.50. The van der Waals surface area contributed by atoms with Crippen molar-refractivity contribution in [3.8, 4) is 0 Å². The fraction of sp³-hybridized carbons (Fsp3) is 0.579. The third-order valence-corrected chi connectivity index (χ3v) is 3.72. The summed E-state index contributed by atoms with van der Waals surface area (Å²) in [7, 11) is 1.76. The monoisotopic (exact) mass is 333 g/mol. The van der Waals surface area contributed by atoms with Crippen molar-refractivity contribution < 1.29 is 9.59 Å². The van der Waals surface area contributed by atoms with Gasteiger partial charge in [-0.25, -0.2) is 0 Å². The average molecular weight is 333 g/mol. The van der Waals surface area contributed by atoms with E-state index in [1.165, 1.54) is 5.56 Å². The maximum absolute atomic E-state index is 12.1. The number of amides is 2. The predicted octanol–water partition coefficient (Wildman–Crippen LogP) is 2.99. The minimum atomic E-state index is -0.266. The summed E-state index contributed by atoms with van der Waals surface area (Å²) in [5.41, 5.74) is 1.78. The van der Waals surface area contributed by atoms with Crippen molar-refractivity contribution in [2.24, 2.45) is 0 Å². The number of likely N-dealkylation sites (N-methyl/N-ethyl adjacent to an activating group) is 1. The van der Waals surface area contributed by atoms with Crippen molar-refractivity contribution in [3.63, 3.8) is 0 Å².